The third kappa shape index (κ3) is 5.79. The van der Waals surface area contributed by atoms with E-state index in [1.165, 1.54) is 10.9 Å². The Balaban J connectivity index is 1.72. The largest absolute Gasteiger partial charge is 0.378 e. The Hall–Kier alpha value is -1.46. The van der Waals surface area contributed by atoms with Crippen molar-refractivity contribution in [2.75, 3.05) is 44.4 Å². The van der Waals surface area contributed by atoms with Gasteiger partial charge in [-0.05, 0) is 6.92 Å². The van der Waals surface area contributed by atoms with Crippen molar-refractivity contribution in [3.8, 4) is 0 Å². The first kappa shape index (κ1) is 19.9. The smallest absolute Gasteiger partial charge is 0.274 e. The van der Waals surface area contributed by atoms with Crippen molar-refractivity contribution in [3.05, 3.63) is 24.0 Å². The molecular formula is C15H25N5O4S. The van der Waals surface area contributed by atoms with Gasteiger partial charge in [0.1, 0.15) is 0 Å². The van der Waals surface area contributed by atoms with Gasteiger partial charge >= 0.3 is 0 Å². The van der Waals surface area contributed by atoms with Gasteiger partial charge < -0.3 is 20.3 Å². The Morgan fingerprint density at radius 3 is 2.84 bits per heavy atom. The number of hydrogen-bond donors (Lipinski definition) is 3. The number of carbonyl (C=O) groups is 1. The van der Waals surface area contributed by atoms with Crippen molar-refractivity contribution >= 4 is 17.7 Å². The maximum atomic E-state index is 11.3. The molecule has 1 aliphatic heterocycles. The summed E-state index contributed by atoms with van der Waals surface area (Å²) in [5.41, 5.74) is 0.562. The second-order valence-corrected chi connectivity index (χ2v) is 6.98. The van der Waals surface area contributed by atoms with Crippen LogP contribution >= 0.6 is 11.8 Å². The van der Waals surface area contributed by atoms with Gasteiger partial charge in [-0.3, -0.25) is 4.79 Å². The van der Waals surface area contributed by atoms with Crippen molar-refractivity contribution in [2.24, 2.45) is 0 Å². The minimum Gasteiger partial charge on any atom is -0.378 e. The molecule has 0 atom stereocenters. The zero-order valence-electron chi connectivity index (χ0n) is 14.3. The minimum atomic E-state index is -2.10. The highest BCUT2D eigenvalue weighted by atomic mass is 32.2. The number of nitrogens with one attached hydrogen (secondary N) is 1. The van der Waals surface area contributed by atoms with E-state index in [1.54, 1.807) is 23.6 Å². The van der Waals surface area contributed by atoms with Crippen LogP contribution in [0.25, 0.3) is 0 Å². The van der Waals surface area contributed by atoms with Crippen molar-refractivity contribution < 1.29 is 19.7 Å². The zero-order valence-corrected chi connectivity index (χ0v) is 15.2. The van der Waals surface area contributed by atoms with Crippen LogP contribution in [-0.2, 0) is 22.0 Å². The molecule has 2 heterocycles. The Morgan fingerprint density at radius 2 is 2.16 bits per heavy atom. The second kappa shape index (κ2) is 9.30. The van der Waals surface area contributed by atoms with Crippen LogP contribution in [0.5, 0.6) is 0 Å². The molecule has 3 N–H and O–H groups in total. The standard InChI is InChI=1S/C15H25N5O4S/c1-12(2)14(21)16-3-7-24-8-4-20-11-13(17-18-20)15(22,23)19-5-9-25-10-6-19/h11,22-23H,1,3-10H2,2H3,(H,16,21). The number of rotatable bonds is 9. The molecule has 25 heavy (non-hydrogen) atoms. The monoisotopic (exact) mass is 371 g/mol. The fraction of sp³-hybridized carbons (Fsp3) is 0.667. The molecule has 0 radical (unpaired) electrons. The van der Waals surface area contributed by atoms with Crippen molar-refractivity contribution in [3.63, 3.8) is 0 Å². The van der Waals surface area contributed by atoms with Gasteiger partial charge in [-0.15, -0.1) is 5.10 Å². The molecule has 0 bridgehead atoms. The number of aliphatic hydroxyl groups is 2. The highest BCUT2D eigenvalue weighted by Crippen LogP contribution is 2.24. The van der Waals surface area contributed by atoms with E-state index in [9.17, 15) is 15.0 Å². The molecule has 1 aliphatic rings. The summed E-state index contributed by atoms with van der Waals surface area (Å²) < 4.78 is 6.91. The van der Waals surface area contributed by atoms with Gasteiger partial charge in [-0.1, -0.05) is 11.8 Å². The lowest BCUT2D eigenvalue weighted by atomic mass is 10.3. The predicted octanol–water partition coefficient (Wildman–Crippen LogP) is -0.869. The molecule has 0 aliphatic carbocycles. The molecule has 10 heteroatoms. The van der Waals surface area contributed by atoms with Crippen LogP contribution in [0.1, 0.15) is 12.6 Å². The normalized spacial score (nSPS) is 16.0. The van der Waals surface area contributed by atoms with E-state index in [0.29, 0.717) is 45.0 Å². The Morgan fingerprint density at radius 1 is 1.44 bits per heavy atom. The van der Waals surface area contributed by atoms with E-state index in [4.69, 9.17) is 4.74 Å². The van der Waals surface area contributed by atoms with Gasteiger partial charge in [0.25, 0.3) is 5.91 Å². The van der Waals surface area contributed by atoms with Gasteiger partial charge in [0.15, 0.2) is 5.69 Å². The number of amides is 1. The van der Waals surface area contributed by atoms with Crippen LogP contribution in [0, 0.1) is 0 Å². The topological polar surface area (TPSA) is 113 Å². The molecule has 9 nitrogen and oxygen atoms in total. The highest BCUT2D eigenvalue weighted by Gasteiger charge is 2.37. The van der Waals surface area contributed by atoms with E-state index >= 15 is 0 Å². The molecule has 0 saturated carbocycles. The number of aromatic nitrogens is 3. The van der Waals surface area contributed by atoms with Crippen LogP contribution in [0.2, 0.25) is 0 Å². The Bertz CT molecular complexity index is 586. The lowest BCUT2D eigenvalue weighted by molar-refractivity contribution is -0.275. The molecule has 0 spiro atoms. The summed E-state index contributed by atoms with van der Waals surface area (Å²) in [6.07, 6.45) is 1.51. The number of ether oxygens (including phenoxy) is 1. The van der Waals surface area contributed by atoms with Gasteiger partial charge in [0, 0.05) is 36.7 Å². The lowest BCUT2D eigenvalue weighted by Gasteiger charge is -2.35. The first-order chi connectivity index (χ1) is 11.9. The van der Waals surface area contributed by atoms with Crippen LogP contribution in [-0.4, -0.2) is 80.4 Å². The van der Waals surface area contributed by atoms with Gasteiger partial charge in [-0.25, -0.2) is 9.58 Å². The summed E-state index contributed by atoms with van der Waals surface area (Å²) in [7, 11) is 0. The minimum absolute atomic E-state index is 0.105. The van der Waals surface area contributed by atoms with Gasteiger partial charge in [0.2, 0.25) is 5.91 Å². The molecule has 1 amide bonds. The van der Waals surface area contributed by atoms with Crippen molar-refractivity contribution in [1.29, 1.82) is 0 Å². The van der Waals surface area contributed by atoms with Gasteiger partial charge in [-0.2, -0.15) is 11.8 Å². The number of thioether (sulfide) groups is 1. The lowest BCUT2D eigenvalue weighted by Crippen LogP contribution is -2.50. The predicted molar refractivity (Wildman–Crippen MR) is 93.7 cm³/mol. The van der Waals surface area contributed by atoms with Crippen molar-refractivity contribution in [2.45, 2.75) is 19.4 Å². The van der Waals surface area contributed by atoms with E-state index in [1.807, 2.05) is 0 Å². The van der Waals surface area contributed by atoms with Crippen LogP contribution in [0.3, 0.4) is 0 Å². The average molecular weight is 371 g/mol. The first-order valence-corrected chi connectivity index (χ1v) is 9.26. The fourth-order valence-electron chi connectivity index (χ4n) is 2.25. The fourth-order valence-corrected chi connectivity index (χ4v) is 3.15. The molecular weight excluding hydrogens is 346 g/mol. The SMILES string of the molecule is C=C(C)C(=O)NCCOCCn1cc(C(O)(O)N2CCSCC2)nn1. The summed E-state index contributed by atoms with van der Waals surface area (Å²) in [6, 6.07) is 0. The second-order valence-electron chi connectivity index (χ2n) is 5.75. The molecule has 2 rings (SSSR count). The highest BCUT2D eigenvalue weighted by molar-refractivity contribution is 7.99. The maximum Gasteiger partial charge on any atom is 0.274 e. The van der Waals surface area contributed by atoms with E-state index in [2.05, 4.69) is 22.2 Å². The molecule has 1 aromatic rings. The first-order valence-electron chi connectivity index (χ1n) is 8.11. The van der Waals surface area contributed by atoms with Crippen LogP contribution in [0.15, 0.2) is 18.3 Å². The number of carbonyl (C=O) groups excluding carboxylic acids is 1. The Kier molecular flexibility index (Phi) is 7.38. The molecule has 1 saturated heterocycles. The number of nitrogens with zero attached hydrogens (tertiary/aromatic N) is 4. The third-order valence-corrected chi connectivity index (χ3v) is 4.66. The van der Waals surface area contributed by atoms with Crippen LogP contribution in [0.4, 0.5) is 0 Å². The quantitative estimate of drug-likeness (QED) is 0.292. The van der Waals surface area contributed by atoms with E-state index < -0.39 is 5.91 Å². The zero-order chi connectivity index (χ0) is 18.3. The van der Waals surface area contributed by atoms with Crippen LogP contribution < -0.4 is 5.32 Å². The van der Waals surface area contributed by atoms with Gasteiger partial charge in [0.05, 0.1) is 26.0 Å². The summed E-state index contributed by atoms with van der Waals surface area (Å²) in [4.78, 5) is 12.9. The van der Waals surface area contributed by atoms with E-state index in [-0.39, 0.29) is 11.6 Å². The molecule has 1 fully saturated rings. The summed E-state index contributed by atoms with van der Waals surface area (Å²) in [5.74, 6) is -0.588. The average Bonchev–Trinajstić information content (AvgIpc) is 3.08. The third-order valence-electron chi connectivity index (χ3n) is 3.72. The summed E-state index contributed by atoms with van der Waals surface area (Å²) >= 11 is 1.78. The Labute approximate surface area is 151 Å². The maximum absolute atomic E-state index is 11.3. The van der Waals surface area contributed by atoms with Crippen molar-refractivity contribution in [1.82, 2.24) is 25.2 Å². The molecule has 0 aromatic carbocycles. The molecule has 0 unspecified atom stereocenters. The number of hydrogen-bond acceptors (Lipinski definition) is 8. The van der Waals surface area contributed by atoms with E-state index in [0.717, 1.165) is 11.5 Å². The molecule has 140 valence electrons. The summed E-state index contributed by atoms with van der Waals surface area (Å²) in [5, 5.41) is 31.1. The summed E-state index contributed by atoms with van der Waals surface area (Å²) in [6.45, 7) is 7.93. The molecule has 1 aromatic heterocycles.